The highest BCUT2D eigenvalue weighted by Crippen LogP contribution is 2.38. The van der Waals surface area contributed by atoms with E-state index in [1.165, 1.54) is 28.7 Å². The maximum atomic E-state index is 13.6. The first-order valence-electron chi connectivity index (χ1n) is 9.38. The molecule has 0 amide bonds. The number of benzene rings is 1. The van der Waals surface area contributed by atoms with Crippen molar-refractivity contribution in [2.24, 2.45) is 0 Å². The number of carbonyl (C=O) groups is 1. The van der Waals surface area contributed by atoms with Gasteiger partial charge < -0.3 is 5.73 Å². The average Bonchev–Trinajstić information content (AvgIpc) is 3.16. The number of aryl methyl sites for hydroxylation is 3. The molecule has 1 aliphatic rings. The summed E-state index contributed by atoms with van der Waals surface area (Å²) in [5.41, 5.74) is 12.5. The van der Waals surface area contributed by atoms with Crippen LogP contribution in [0.3, 0.4) is 0 Å². The van der Waals surface area contributed by atoms with Gasteiger partial charge in [0, 0.05) is 22.2 Å². The van der Waals surface area contributed by atoms with Crippen LogP contribution in [-0.4, -0.2) is 15.5 Å². The number of pyridine rings is 1. The number of nitrogen functional groups attached to an aromatic ring is 1. The van der Waals surface area contributed by atoms with E-state index in [0.717, 1.165) is 51.9 Å². The molecular weight excluding hydrogens is 354 g/mol. The average molecular weight is 375 g/mol. The topological polar surface area (TPSA) is 60.9 Å². The van der Waals surface area contributed by atoms with Gasteiger partial charge in [0.25, 0.3) is 5.91 Å². The third-order valence-corrected chi connectivity index (χ3v) is 6.69. The fourth-order valence-electron chi connectivity index (χ4n) is 4.46. The zero-order valence-electron chi connectivity index (χ0n) is 15.5. The number of nitrogens with zero attached hydrogens (tertiary/aromatic N) is 2. The molecule has 0 fully saturated rings. The van der Waals surface area contributed by atoms with Crippen molar-refractivity contribution in [1.82, 2.24) is 9.55 Å². The summed E-state index contributed by atoms with van der Waals surface area (Å²) in [5.74, 6) is -0.0214. The number of nitrogens with two attached hydrogens (primary N) is 1. The number of fused-ring (bicyclic) bond motifs is 4. The number of hydrogen-bond acceptors (Lipinski definition) is 4. The van der Waals surface area contributed by atoms with Crippen LogP contribution in [0.2, 0.25) is 0 Å². The van der Waals surface area contributed by atoms with Gasteiger partial charge in [0.2, 0.25) is 0 Å². The van der Waals surface area contributed by atoms with Crippen molar-refractivity contribution in [3.63, 3.8) is 0 Å². The Morgan fingerprint density at radius 3 is 2.81 bits per heavy atom. The first-order valence-corrected chi connectivity index (χ1v) is 10.2. The van der Waals surface area contributed by atoms with Crippen molar-refractivity contribution in [3.8, 4) is 0 Å². The number of hydrogen-bond donors (Lipinski definition) is 1. The molecule has 1 aliphatic carbocycles. The van der Waals surface area contributed by atoms with Gasteiger partial charge in [-0.15, -0.1) is 11.3 Å². The molecular formula is C22H21N3OS. The minimum atomic E-state index is -0.0214. The number of para-hydroxylation sites is 1. The van der Waals surface area contributed by atoms with Crippen molar-refractivity contribution in [1.29, 1.82) is 0 Å². The van der Waals surface area contributed by atoms with E-state index in [0.29, 0.717) is 10.6 Å². The molecule has 27 heavy (non-hydrogen) atoms. The van der Waals surface area contributed by atoms with Crippen LogP contribution in [0.1, 0.15) is 45.0 Å². The summed E-state index contributed by atoms with van der Waals surface area (Å²) < 4.78 is 1.91. The quantitative estimate of drug-likeness (QED) is 0.508. The van der Waals surface area contributed by atoms with Crippen LogP contribution in [0, 0.1) is 13.8 Å². The van der Waals surface area contributed by atoms with Crippen molar-refractivity contribution >= 4 is 44.1 Å². The molecule has 3 heterocycles. The Morgan fingerprint density at radius 1 is 1.19 bits per heavy atom. The molecule has 0 saturated carbocycles. The second-order valence-corrected chi connectivity index (χ2v) is 8.39. The fraction of sp³-hybridized carbons (Fsp3) is 0.273. The first kappa shape index (κ1) is 16.5. The van der Waals surface area contributed by atoms with Crippen molar-refractivity contribution in [2.45, 2.75) is 39.5 Å². The Labute approximate surface area is 161 Å². The molecule has 0 aliphatic heterocycles. The summed E-state index contributed by atoms with van der Waals surface area (Å²) in [7, 11) is 0. The summed E-state index contributed by atoms with van der Waals surface area (Å²) in [6.45, 7) is 4.00. The monoisotopic (exact) mass is 375 g/mol. The second-order valence-electron chi connectivity index (χ2n) is 7.40. The normalized spacial score (nSPS) is 14.0. The Balaban J connectivity index is 1.77. The highest BCUT2D eigenvalue weighted by molar-refractivity contribution is 7.21. The molecule has 5 rings (SSSR count). The van der Waals surface area contributed by atoms with Crippen LogP contribution >= 0.6 is 11.3 Å². The van der Waals surface area contributed by atoms with Gasteiger partial charge in [0.15, 0.2) is 0 Å². The lowest BCUT2D eigenvalue weighted by Crippen LogP contribution is -2.17. The van der Waals surface area contributed by atoms with Gasteiger partial charge >= 0.3 is 0 Å². The minimum Gasteiger partial charge on any atom is -0.397 e. The molecule has 136 valence electrons. The molecule has 0 unspecified atom stereocenters. The molecule has 5 heteroatoms. The highest BCUT2D eigenvalue weighted by atomic mass is 32.1. The fourth-order valence-corrected chi connectivity index (χ4v) is 5.60. The van der Waals surface area contributed by atoms with Crippen LogP contribution < -0.4 is 5.73 Å². The molecule has 4 aromatic rings. The van der Waals surface area contributed by atoms with E-state index in [1.807, 2.05) is 36.6 Å². The van der Waals surface area contributed by atoms with Gasteiger partial charge in [0.05, 0.1) is 11.2 Å². The van der Waals surface area contributed by atoms with Crippen molar-refractivity contribution in [3.05, 3.63) is 57.7 Å². The van der Waals surface area contributed by atoms with Crippen molar-refractivity contribution < 1.29 is 4.79 Å². The summed E-state index contributed by atoms with van der Waals surface area (Å²) in [5, 5.41) is 2.12. The largest absolute Gasteiger partial charge is 0.397 e. The third kappa shape index (κ3) is 2.34. The lowest BCUT2D eigenvalue weighted by atomic mass is 9.95. The molecule has 3 aromatic heterocycles. The Hall–Kier alpha value is -2.66. The predicted octanol–water partition coefficient (Wildman–Crippen LogP) is 5.02. The van der Waals surface area contributed by atoms with Crippen LogP contribution in [0.4, 0.5) is 5.69 Å². The van der Waals surface area contributed by atoms with Gasteiger partial charge in [-0.05, 0) is 62.8 Å². The zero-order chi connectivity index (χ0) is 18.7. The highest BCUT2D eigenvalue weighted by Gasteiger charge is 2.27. The third-order valence-electron chi connectivity index (χ3n) is 5.60. The van der Waals surface area contributed by atoms with Crippen LogP contribution in [0.5, 0.6) is 0 Å². The van der Waals surface area contributed by atoms with E-state index in [1.54, 1.807) is 0 Å². The number of aromatic nitrogens is 2. The minimum absolute atomic E-state index is 0.0214. The Morgan fingerprint density at radius 2 is 1.96 bits per heavy atom. The molecule has 2 N–H and O–H groups in total. The first-order chi connectivity index (χ1) is 13.1. The maximum Gasteiger partial charge on any atom is 0.274 e. The van der Waals surface area contributed by atoms with Gasteiger partial charge in [-0.3, -0.25) is 9.36 Å². The van der Waals surface area contributed by atoms with E-state index < -0.39 is 0 Å². The number of rotatable bonds is 1. The molecule has 0 spiro atoms. The summed E-state index contributed by atoms with van der Waals surface area (Å²) in [4.78, 5) is 19.7. The standard InChI is InChI=1S/C22H21N3OS/c1-12-11-13(2)24-21-18(12)19(23)20(27-21)22(26)25-16-9-5-3-7-14(16)15-8-4-6-10-17(15)25/h3,5,7,9,11H,4,6,8,10,23H2,1-2H3. The number of thiophene rings is 1. The maximum absolute atomic E-state index is 13.6. The Kier molecular flexibility index (Phi) is 3.62. The smallest absolute Gasteiger partial charge is 0.274 e. The predicted molar refractivity (Wildman–Crippen MR) is 112 cm³/mol. The lowest BCUT2D eigenvalue weighted by Gasteiger charge is -2.14. The van der Waals surface area contributed by atoms with Gasteiger partial charge in [-0.1, -0.05) is 18.2 Å². The van der Waals surface area contributed by atoms with Crippen molar-refractivity contribution in [2.75, 3.05) is 5.73 Å². The number of anilines is 1. The second kappa shape index (κ2) is 5.92. The molecule has 0 radical (unpaired) electrons. The molecule has 0 saturated heterocycles. The van der Waals surface area contributed by atoms with E-state index in [2.05, 4.69) is 17.1 Å². The zero-order valence-corrected chi connectivity index (χ0v) is 16.3. The van der Waals surface area contributed by atoms with Gasteiger partial charge in [-0.2, -0.15) is 0 Å². The van der Waals surface area contributed by atoms with E-state index in [4.69, 9.17) is 5.73 Å². The SMILES string of the molecule is Cc1cc(C)c2c(N)c(C(=O)n3c4c(c5ccccc53)CCCC4)sc2n1. The molecule has 0 atom stereocenters. The molecule has 4 nitrogen and oxygen atoms in total. The van der Waals surface area contributed by atoms with Gasteiger partial charge in [-0.25, -0.2) is 4.98 Å². The van der Waals surface area contributed by atoms with Crippen LogP contribution in [-0.2, 0) is 12.8 Å². The molecule has 1 aromatic carbocycles. The molecule has 0 bridgehead atoms. The van der Waals surface area contributed by atoms with Crippen LogP contribution in [0.15, 0.2) is 30.3 Å². The van der Waals surface area contributed by atoms with E-state index in [9.17, 15) is 4.79 Å². The Bertz CT molecular complexity index is 1230. The lowest BCUT2D eigenvalue weighted by molar-refractivity contribution is 0.0966. The number of carbonyl (C=O) groups excluding carboxylic acids is 1. The van der Waals surface area contributed by atoms with E-state index in [-0.39, 0.29) is 5.91 Å². The summed E-state index contributed by atoms with van der Waals surface area (Å²) >= 11 is 1.41. The van der Waals surface area contributed by atoms with Crippen LogP contribution in [0.25, 0.3) is 21.1 Å². The van der Waals surface area contributed by atoms with Gasteiger partial charge in [0.1, 0.15) is 9.71 Å². The summed E-state index contributed by atoms with van der Waals surface area (Å²) in [6.07, 6.45) is 4.29. The van der Waals surface area contributed by atoms with E-state index >= 15 is 0 Å². The summed E-state index contributed by atoms with van der Waals surface area (Å²) in [6, 6.07) is 10.2.